The molecular formula is C11H12Cl2FNO2. The number of carbonyl (C=O) groups is 1. The highest BCUT2D eigenvalue weighted by atomic mass is 35.5. The van der Waals surface area contributed by atoms with Gasteiger partial charge in [0.25, 0.3) is 0 Å². The van der Waals surface area contributed by atoms with E-state index in [9.17, 15) is 9.18 Å². The summed E-state index contributed by atoms with van der Waals surface area (Å²) in [6.07, 6.45) is -0.191. The monoisotopic (exact) mass is 279 g/mol. The van der Waals surface area contributed by atoms with Crippen molar-refractivity contribution in [1.29, 1.82) is 0 Å². The Bertz CT molecular complexity index is 401. The Morgan fingerprint density at radius 1 is 1.41 bits per heavy atom. The summed E-state index contributed by atoms with van der Waals surface area (Å²) in [6.45, 7) is 3.41. The van der Waals surface area contributed by atoms with E-state index >= 15 is 0 Å². The van der Waals surface area contributed by atoms with Crippen LogP contribution in [0.1, 0.15) is 13.8 Å². The third-order valence-corrected chi connectivity index (χ3v) is 2.38. The zero-order valence-corrected chi connectivity index (χ0v) is 10.9. The van der Waals surface area contributed by atoms with E-state index in [1.54, 1.807) is 13.8 Å². The molecular weight excluding hydrogens is 268 g/mol. The van der Waals surface area contributed by atoms with Crippen LogP contribution in [0, 0.1) is 5.82 Å². The molecule has 1 aromatic carbocycles. The second-order valence-corrected chi connectivity index (χ2v) is 4.45. The maximum atomic E-state index is 12.9. The third-order valence-electron chi connectivity index (χ3n) is 1.78. The highest BCUT2D eigenvalue weighted by Crippen LogP contribution is 2.31. The number of hydrogen-bond donors (Lipinski definition) is 1. The molecule has 0 fully saturated rings. The fourth-order valence-electron chi connectivity index (χ4n) is 1.18. The number of hydrogen-bond acceptors (Lipinski definition) is 3. The van der Waals surface area contributed by atoms with Crippen molar-refractivity contribution in [2.24, 2.45) is 0 Å². The maximum Gasteiger partial charge on any atom is 0.325 e. The standard InChI is InChI=1S/C11H12Cl2FNO2/c1-6(2)17-10(16)5-15-11-8(12)3-7(14)4-9(11)13/h3-4,6,15H,5H2,1-2H3. The summed E-state index contributed by atoms with van der Waals surface area (Å²) in [7, 11) is 0. The molecule has 3 nitrogen and oxygen atoms in total. The SMILES string of the molecule is CC(C)OC(=O)CNc1c(Cl)cc(F)cc1Cl. The van der Waals surface area contributed by atoms with Crippen LogP contribution in [0.25, 0.3) is 0 Å². The Hall–Kier alpha value is -1.00. The Morgan fingerprint density at radius 2 is 1.94 bits per heavy atom. The number of carbonyl (C=O) groups excluding carboxylic acids is 1. The number of nitrogens with one attached hydrogen (secondary N) is 1. The first-order chi connectivity index (χ1) is 7.90. The quantitative estimate of drug-likeness (QED) is 0.858. The largest absolute Gasteiger partial charge is 0.462 e. The lowest BCUT2D eigenvalue weighted by atomic mass is 10.3. The highest BCUT2D eigenvalue weighted by molar-refractivity contribution is 6.39. The van der Waals surface area contributed by atoms with E-state index < -0.39 is 11.8 Å². The Labute approximate surface area is 109 Å². The van der Waals surface area contributed by atoms with Crippen molar-refractivity contribution >= 4 is 34.9 Å². The smallest absolute Gasteiger partial charge is 0.325 e. The van der Waals surface area contributed by atoms with Gasteiger partial charge in [0, 0.05) is 0 Å². The van der Waals surface area contributed by atoms with Crippen molar-refractivity contribution in [2.45, 2.75) is 20.0 Å². The summed E-state index contributed by atoms with van der Waals surface area (Å²) in [6, 6.07) is 2.23. The van der Waals surface area contributed by atoms with Crippen LogP contribution < -0.4 is 5.32 Å². The fraction of sp³-hybridized carbons (Fsp3) is 0.364. The normalized spacial score (nSPS) is 10.5. The number of rotatable bonds is 4. The van der Waals surface area contributed by atoms with E-state index in [-0.39, 0.29) is 22.7 Å². The molecule has 17 heavy (non-hydrogen) atoms. The predicted molar refractivity (Wildman–Crippen MR) is 66.1 cm³/mol. The Balaban J connectivity index is 2.67. The van der Waals surface area contributed by atoms with Gasteiger partial charge >= 0.3 is 5.97 Å². The molecule has 0 aromatic heterocycles. The van der Waals surface area contributed by atoms with Gasteiger partial charge in [0.15, 0.2) is 0 Å². The van der Waals surface area contributed by atoms with Gasteiger partial charge in [-0.15, -0.1) is 0 Å². The van der Waals surface area contributed by atoms with E-state index in [4.69, 9.17) is 27.9 Å². The Kier molecular flexibility index (Phi) is 5.02. The van der Waals surface area contributed by atoms with Gasteiger partial charge in [-0.2, -0.15) is 0 Å². The van der Waals surface area contributed by atoms with Gasteiger partial charge in [-0.25, -0.2) is 4.39 Å². The third kappa shape index (κ3) is 4.40. The van der Waals surface area contributed by atoms with E-state index in [0.717, 1.165) is 12.1 Å². The molecule has 6 heteroatoms. The van der Waals surface area contributed by atoms with Gasteiger partial charge in [-0.3, -0.25) is 4.79 Å². The van der Waals surface area contributed by atoms with E-state index in [1.807, 2.05) is 0 Å². The minimum Gasteiger partial charge on any atom is -0.462 e. The molecule has 1 rings (SSSR count). The summed E-state index contributed by atoms with van der Waals surface area (Å²) in [5.41, 5.74) is 0.315. The minimum absolute atomic E-state index is 0.0801. The molecule has 0 aliphatic rings. The zero-order valence-electron chi connectivity index (χ0n) is 9.39. The fourth-order valence-corrected chi connectivity index (χ4v) is 1.77. The van der Waals surface area contributed by atoms with Gasteiger partial charge < -0.3 is 10.1 Å². The van der Waals surface area contributed by atoms with Gasteiger partial charge in [-0.1, -0.05) is 23.2 Å². The zero-order chi connectivity index (χ0) is 13.0. The van der Waals surface area contributed by atoms with Crippen LogP contribution >= 0.6 is 23.2 Å². The first kappa shape index (κ1) is 14.1. The lowest BCUT2D eigenvalue weighted by Gasteiger charge is -2.11. The molecule has 0 unspecified atom stereocenters. The average Bonchev–Trinajstić information content (AvgIpc) is 2.14. The van der Waals surface area contributed by atoms with Crippen LogP contribution in [0.5, 0.6) is 0 Å². The van der Waals surface area contributed by atoms with Crippen LogP contribution in [-0.4, -0.2) is 18.6 Å². The molecule has 1 N–H and O–H groups in total. The summed E-state index contributed by atoms with van der Waals surface area (Å²) in [5.74, 6) is -0.966. The van der Waals surface area contributed by atoms with Gasteiger partial charge in [0.2, 0.25) is 0 Å². The van der Waals surface area contributed by atoms with Crippen molar-refractivity contribution in [3.63, 3.8) is 0 Å². The lowest BCUT2D eigenvalue weighted by molar-refractivity contribution is -0.145. The summed E-state index contributed by atoms with van der Waals surface area (Å²) in [5, 5.41) is 2.94. The summed E-state index contributed by atoms with van der Waals surface area (Å²) in [4.78, 5) is 11.3. The molecule has 0 radical (unpaired) electrons. The van der Waals surface area contributed by atoms with Crippen molar-refractivity contribution < 1.29 is 13.9 Å². The number of esters is 1. The molecule has 0 spiro atoms. The van der Waals surface area contributed by atoms with Crippen molar-refractivity contribution in [1.82, 2.24) is 0 Å². The van der Waals surface area contributed by atoms with Crippen LogP contribution in [-0.2, 0) is 9.53 Å². The van der Waals surface area contributed by atoms with Crippen LogP contribution in [0.15, 0.2) is 12.1 Å². The van der Waals surface area contributed by atoms with Crippen LogP contribution in [0.3, 0.4) is 0 Å². The van der Waals surface area contributed by atoms with Gasteiger partial charge in [0.05, 0.1) is 21.8 Å². The molecule has 0 amide bonds. The molecule has 0 heterocycles. The van der Waals surface area contributed by atoms with E-state index in [2.05, 4.69) is 5.32 Å². The maximum absolute atomic E-state index is 12.9. The number of halogens is 3. The molecule has 0 saturated carbocycles. The number of ether oxygens (including phenoxy) is 1. The minimum atomic E-state index is -0.532. The molecule has 94 valence electrons. The van der Waals surface area contributed by atoms with Gasteiger partial charge in [0.1, 0.15) is 12.4 Å². The second-order valence-electron chi connectivity index (χ2n) is 3.64. The highest BCUT2D eigenvalue weighted by Gasteiger charge is 2.11. The first-order valence-electron chi connectivity index (χ1n) is 4.98. The van der Waals surface area contributed by atoms with E-state index in [0.29, 0.717) is 5.69 Å². The topological polar surface area (TPSA) is 38.3 Å². The van der Waals surface area contributed by atoms with Crippen molar-refractivity contribution in [3.8, 4) is 0 Å². The van der Waals surface area contributed by atoms with Gasteiger partial charge in [-0.05, 0) is 26.0 Å². The average molecular weight is 280 g/mol. The van der Waals surface area contributed by atoms with Crippen molar-refractivity contribution in [2.75, 3.05) is 11.9 Å². The second kappa shape index (κ2) is 6.07. The predicted octanol–water partition coefficient (Wildman–Crippen LogP) is 3.50. The molecule has 0 bridgehead atoms. The lowest BCUT2D eigenvalue weighted by Crippen LogP contribution is -2.20. The number of benzene rings is 1. The van der Waals surface area contributed by atoms with Crippen LogP contribution in [0.4, 0.5) is 10.1 Å². The molecule has 0 atom stereocenters. The first-order valence-corrected chi connectivity index (χ1v) is 5.73. The summed E-state index contributed by atoms with van der Waals surface area (Å²) >= 11 is 11.6. The summed E-state index contributed by atoms with van der Waals surface area (Å²) < 4.78 is 17.8. The van der Waals surface area contributed by atoms with Crippen LogP contribution in [0.2, 0.25) is 10.0 Å². The molecule has 0 aliphatic heterocycles. The molecule has 1 aromatic rings. The van der Waals surface area contributed by atoms with Crippen molar-refractivity contribution in [3.05, 3.63) is 28.0 Å². The van der Waals surface area contributed by atoms with E-state index in [1.165, 1.54) is 0 Å². The number of anilines is 1. The Morgan fingerprint density at radius 3 is 2.41 bits per heavy atom. The molecule has 0 aliphatic carbocycles. The molecule has 0 saturated heterocycles.